The number of amides is 3. The van der Waals surface area contributed by atoms with Crippen molar-refractivity contribution in [2.45, 2.75) is 150 Å². The first-order chi connectivity index (χ1) is 24.8. The standard InChI is InChI=1S/C42H67N5O5/c1-7-8-21-44-39(50)20-19-32(29(2)3)24-37(48)35(23-31-17-13-10-14-18-31)46-41(52)36(26-34-27-43-28-45-34)47-40(51)33(25-38(49)42(4,5)6)22-30-15-11-9-12-16-30/h9,11-12,15-16,27-29,31-33,35-37,48H,7-8,10,13-14,17-26H2,1-6H3,(H,43,45)(H,44,50)(H,46,52)(H,47,51)/t32-,33+,35-,36-,37-/m0/s1. The number of rotatable bonds is 22. The Bertz CT molecular complexity index is 1350. The van der Waals surface area contributed by atoms with E-state index in [1.165, 1.54) is 12.7 Å². The van der Waals surface area contributed by atoms with Gasteiger partial charge in [-0.15, -0.1) is 0 Å². The molecule has 1 heterocycles. The Kier molecular flexibility index (Phi) is 18.0. The van der Waals surface area contributed by atoms with Gasteiger partial charge < -0.3 is 26.0 Å². The van der Waals surface area contributed by atoms with Crippen molar-refractivity contribution in [1.82, 2.24) is 25.9 Å². The number of nitrogens with one attached hydrogen (secondary N) is 4. The molecule has 290 valence electrons. The minimum atomic E-state index is -0.954. The summed E-state index contributed by atoms with van der Waals surface area (Å²) in [5, 5.41) is 21.0. The fourth-order valence-corrected chi connectivity index (χ4v) is 7.19. The van der Waals surface area contributed by atoms with E-state index in [-0.39, 0.29) is 48.2 Å². The summed E-state index contributed by atoms with van der Waals surface area (Å²) < 4.78 is 0. The largest absolute Gasteiger partial charge is 0.391 e. The van der Waals surface area contributed by atoms with E-state index in [4.69, 9.17) is 0 Å². The van der Waals surface area contributed by atoms with Gasteiger partial charge in [0, 0.05) is 49.0 Å². The number of aliphatic hydroxyl groups is 1. The predicted molar refractivity (Wildman–Crippen MR) is 206 cm³/mol. The molecule has 0 aliphatic heterocycles. The topological polar surface area (TPSA) is 153 Å². The van der Waals surface area contributed by atoms with Gasteiger partial charge >= 0.3 is 0 Å². The van der Waals surface area contributed by atoms with Gasteiger partial charge in [0.25, 0.3) is 0 Å². The van der Waals surface area contributed by atoms with E-state index in [1.807, 2.05) is 51.1 Å². The van der Waals surface area contributed by atoms with E-state index in [0.29, 0.717) is 50.3 Å². The Morgan fingerprint density at radius 2 is 1.69 bits per heavy atom. The quantitative estimate of drug-likeness (QED) is 0.0879. The Morgan fingerprint density at radius 1 is 0.981 bits per heavy atom. The average Bonchev–Trinajstić information content (AvgIpc) is 3.62. The lowest BCUT2D eigenvalue weighted by molar-refractivity contribution is -0.135. The molecule has 1 aliphatic rings. The maximum atomic E-state index is 14.3. The summed E-state index contributed by atoms with van der Waals surface area (Å²) in [6.45, 7) is 12.6. The zero-order valence-corrected chi connectivity index (χ0v) is 32.7. The maximum Gasteiger partial charge on any atom is 0.243 e. The molecular weight excluding hydrogens is 654 g/mol. The van der Waals surface area contributed by atoms with Crippen molar-refractivity contribution in [1.29, 1.82) is 0 Å². The summed E-state index contributed by atoms with van der Waals surface area (Å²) in [6.07, 6.45) is 12.7. The van der Waals surface area contributed by atoms with Gasteiger partial charge in [0.15, 0.2) is 0 Å². The molecule has 0 radical (unpaired) electrons. The van der Waals surface area contributed by atoms with Crippen LogP contribution in [0.15, 0.2) is 42.9 Å². The molecule has 0 saturated heterocycles. The van der Waals surface area contributed by atoms with Crippen molar-refractivity contribution >= 4 is 23.5 Å². The third-order valence-corrected chi connectivity index (χ3v) is 10.8. The highest BCUT2D eigenvalue weighted by molar-refractivity contribution is 5.92. The smallest absolute Gasteiger partial charge is 0.243 e. The lowest BCUT2D eigenvalue weighted by Gasteiger charge is -2.34. The minimum absolute atomic E-state index is 0.0213. The molecule has 10 nitrogen and oxygen atoms in total. The van der Waals surface area contributed by atoms with Crippen LogP contribution in [0.3, 0.4) is 0 Å². The van der Waals surface area contributed by atoms with Crippen LogP contribution < -0.4 is 16.0 Å². The van der Waals surface area contributed by atoms with Gasteiger partial charge in [0.05, 0.1) is 18.5 Å². The molecule has 1 aromatic heterocycles. The first-order valence-electron chi connectivity index (χ1n) is 19.9. The zero-order valence-electron chi connectivity index (χ0n) is 32.7. The lowest BCUT2D eigenvalue weighted by Crippen LogP contribution is -2.55. The van der Waals surface area contributed by atoms with Crippen LogP contribution in [0.1, 0.15) is 130 Å². The van der Waals surface area contributed by atoms with E-state index in [2.05, 4.69) is 46.7 Å². The van der Waals surface area contributed by atoms with Crippen molar-refractivity contribution in [2.75, 3.05) is 6.54 Å². The number of ketones is 1. The Morgan fingerprint density at radius 3 is 2.31 bits per heavy atom. The van der Waals surface area contributed by atoms with Crippen molar-refractivity contribution in [3.05, 3.63) is 54.1 Å². The highest BCUT2D eigenvalue weighted by atomic mass is 16.3. The van der Waals surface area contributed by atoms with E-state index in [0.717, 1.165) is 44.1 Å². The van der Waals surface area contributed by atoms with E-state index >= 15 is 0 Å². The summed E-state index contributed by atoms with van der Waals surface area (Å²) in [4.78, 5) is 61.3. The van der Waals surface area contributed by atoms with Crippen molar-refractivity contribution < 1.29 is 24.3 Å². The second kappa shape index (κ2) is 21.9. The van der Waals surface area contributed by atoms with E-state index in [1.54, 1.807) is 6.20 Å². The normalized spacial score (nSPS) is 16.8. The number of benzene rings is 1. The summed E-state index contributed by atoms with van der Waals surface area (Å²) in [5.41, 5.74) is 1.01. The number of hydrogen-bond donors (Lipinski definition) is 5. The summed E-state index contributed by atoms with van der Waals surface area (Å²) in [6, 6.07) is 8.15. The molecule has 52 heavy (non-hydrogen) atoms. The number of Topliss-reactive ketones (excluding diaryl/α,β-unsaturated/α-hetero) is 1. The van der Waals surface area contributed by atoms with Crippen LogP contribution in [-0.4, -0.2) is 63.3 Å². The van der Waals surface area contributed by atoms with Gasteiger partial charge in [-0.3, -0.25) is 19.2 Å². The molecule has 3 amide bonds. The molecule has 0 spiro atoms. The van der Waals surface area contributed by atoms with Crippen LogP contribution in [0.2, 0.25) is 0 Å². The lowest BCUT2D eigenvalue weighted by atomic mass is 9.80. The van der Waals surface area contributed by atoms with Crippen LogP contribution in [-0.2, 0) is 32.0 Å². The predicted octanol–water partition coefficient (Wildman–Crippen LogP) is 6.48. The number of imidazole rings is 1. The number of unbranched alkanes of at least 4 members (excludes halogenated alkanes) is 1. The van der Waals surface area contributed by atoms with Gasteiger partial charge in [0.1, 0.15) is 11.8 Å². The average molecular weight is 722 g/mol. The molecule has 1 aliphatic carbocycles. The van der Waals surface area contributed by atoms with Gasteiger partial charge in [0.2, 0.25) is 17.7 Å². The number of hydrogen-bond acceptors (Lipinski definition) is 6. The molecule has 1 saturated carbocycles. The van der Waals surface area contributed by atoms with Gasteiger partial charge in [-0.25, -0.2) is 4.98 Å². The van der Waals surface area contributed by atoms with Crippen LogP contribution in [0.4, 0.5) is 0 Å². The molecule has 1 aromatic carbocycles. The van der Waals surface area contributed by atoms with Crippen LogP contribution in [0, 0.1) is 29.1 Å². The molecule has 0 unspecified atom stereocenters. The third kappa shape index (κ3) is 15.2. The highest BCUT2D eigenvalue weighted by Gasteiger charge is 2.34. The van der Waals surface area contributed by atoms with Crippen LogP contribution in [0.5, 0.6) is 0 Å². The second-order valence-corrected chi connectivity index (χ2v) is 16.5. The fourth-order valence-electron chi connectivity index (χ4n) is 7.19. The SMILES string of the molecule is CCCCNC(=O)CC[C@@H](C[C@H](O)[C@H](CC1CCCCC1)NC(=O)[C@H](Cc1cnc[nH]1)NC(=O)[C@@H](CC(=O)C(C)(C)C)Cc1ccccc1)C(C)C. The van der Waals surface area contributed by atoms with Gasteiger partial charge in [-0.1, -0.05) is 110 Å². The van der Waals surface area contributed by atoms with Crippen molar-refractivity contribution in [3.8, 4) is 0 Å². The first-order valence-corrected chi connectivity index (χ1v) is 19.9. The number of aromatic amines is 1. The van der Waals surface area contributed by atoms with Crippen molar-refractivity contribution in [2.24, 2.45) is 29.1 Å². The third-order valence-electron chi connectivity index (χ3n) is 10.8. The maximum absolute atomic E-state index is 14.3. The second-order valence-electron chi connectivity index (χ2n) is 16.5. The number of H-pyrrole nitrogens is 1. The van der Waals surface area contributed by atoms with Gasteiger partial charge in [-0.2, -0.15) is 0 Å². The monoisotopic (exact) mass is 722 g/mol. The van der Waals surface area contributed by atoms with Crippen LogP contribution >= 0.6 is 0 Å². The van der Waals surface area contributed by atoms with Gasteiger partial charge in [-0.05, 0) is 55.4 Å². The number of aromatic nitrogens is 2. The summed E-state index contributed by atoms with van der Waals surface area (Å²) >= 11 is 0. The molecule has 2 aromatic rings. The number of carbonyl (C=O) groups excluding carboxylic acids is 4. The highest BCUT2D eigenvalue weighted by Crippen LogP contribution is 2.31. The molecule has 0 bridgehead atoms. The molecule has 5 atom stereocenters. The van der Waals surface area contributed by atoms with E-state index < -0.39 is 29.5 Å². The van der Waals surface area contributed by atoms with E-state index in [9.17, 15) is 24.3 Å². The Balaban J connectivity index is 1.82. The van der Waals surface area contributed by atoms with Crippen LogP contribution in [0.25, 0.3) is 0 Å². The van der Waals surface area contributed by atoms with Crippen molar-refractivity contribution in [3.63, 3.8) is 0 Å². The summed E-state index contributed by atoms with van der Waals surface area (Å²) in [5.74, 6) is -0.663. The molecular formula is C42H67N5O5. The number of carbonyl (C=O) groups is 4. The summed E-state index contributed by atoms with van der Waals surface area (Å²) in [7, 11) is 0. The zero-order chi connectivity index (χ0) is 38.1. The minimum Gasteiger partial charge on any atom is -0.391 e. The Hall–Kier alpha value is -3.53. The Labute approximate surface area is 312 Å². The molecule has 5 N–H and O–H groups in total. The number of nitrogens with zero attached hydrogens (tertiary/aromatic N) is 1. The first kappa shape index (κ1) is 42.9. The fraction of sp³-hybridized carbons (Fsp3) is 0.690. The molecule has 10 heteroatoms. The molecule has 3 rings (SSSR count). The molecule has 1 fully saturated rings. The number of aliphatic hydroxyl groups excluding tert-OH is 1.